The lowest BCUT2D eigenvalue weighted by Gasteiger charge is -2.09. The van der Waals surface area contributed by atoms with Crippen molar-refractivity contribution in [1.82, 2.24) is 14.9 Å². The van der Waals surface area contributed by atoms with Crippen LogP contribution in [0.4, 0.5) is 5.13 Å². The first-order valence-corrected chi connectivity index (χ1v) is 8.85. The molecule has 1 fully saturated rings. The van der Waals surface area contributed by atoms with E-state index in [1.807, 2.05) is 0 Å². The second-order valence-electron chi connectivity index (χ2n) is 4.68. The van der Waals surface area contributed by atoms with Crippen LogP contribution in [0.3, 0.4) is 0 Å². The van der Waals surface area contributed by atoms with Crippen LogP contribution >= 0.6 is 22.9 Å². The maximum absolute atomic E-state index is 12.0. The number of sulfonamides is 1. The first-order valence-electron chi connectivity index (χ1n) is 6.11. The topological polar surface area (TPSA) is 101 Å². The first kappa shape index (κ1) is 15.6. The molecule has 2 unspecified atom stereocenters. The van der Waals surface area contributed by atoms with Crippen LogP contribution in [0.15, 0.2) is 4.34 Å². The summed E-state index contributed by atoms with van der Waals surface area (Å²) in [5, 5.41) is 9.89. The van der Waals surface area contributed by atoms with Gasteiger partial charge in [0.15, 0.2) is 0 Å². The highest BCUT2D eigenvalue weighted by Crippen LogP contribution is 2.29. The fourth-order valence-corrected chi connectivity index (χ4v) is 4.49. The van der Waals surface area contributed by atoms with E-state index < -0.39 is 10.0 Å². The van der Waals surface area contributed by atoms with E-state index in [1.54, 1.807) is 0 Å². The third-order valence-electron chi connectivity index (χ3n) is 2.96. The van der Waals surface area contributed by atoms with E-state index >= 15 is 0 Å². The van der Waals surface area contributed by atoms with Gasteiger partial charge in [-0.25, -0.2) is 13.1 Å². The molecule has 1 aliphatic carbocycles. The van der Waals surface area contributed by atoms with Crippen molar-refractivity contribution >= 4 is 44.0 Å². The number of amides is 1. The van der Waals surface area contributed by atoms with Gasteiger partial charge in [0.1, 0.15) is 0 Å². The summed E-state index contributed by atoms with van der Waals surface area (Å²) in [4.78, 5) is 10.9. The zero-order valence-corrected chi connectivity index (χ0v) is 13.2. The van der Waals surface area contributed by atoms with Crippen molar-refractivity contribution in [3.05, 3.63) is 0 Å². The van der Waals surface area contributed by atoms with E-state index in [0.717, 1.165) is 30.6 Å². The molecule has 1 saturated carbocycles. The molecule has 112 valence electrons. The van der Waals surface area contributed by atoms with Crippen molar-refractivity contribution in [2.75, 3.05) is 11.9 Å². The molecule has 0 aromatic carbocycles. The van der Waals surface area contributed by atoms with E-state index in [4.69, 9.17) is 11.6 Å². The predicted octanol–water partition coefficient (Wildman–Crippen LogP) is 1.18. The smallest absolute Gasteiger partial charge is 0.269 e. The minimum absolute atomic E-state index is 0.136. The van der Waals surface area contributed by atoms with Crippen LogP contribution in [0.2, 0.25) is 0 Å². The molecule has 0 aliphatic heterocycles. The third-order valence-corrected chi connectivity index (χ3v) is 5.98. The van der Waals surface area contributed by atoms with E-state index in [-0.39, 0.29) is 26.7 Å². The van der Waals surface area contributed by atoms with Crippen LogP contribution < -0.4 is 10.0 Å². The fraction of sp³-hybridized carbons (Fsp3) is 0.700. The number of anilines is 1. The van der Waals surface area contributed by atoms with E-state index in [0.29, 0.717) is 6.54 Å². The number of hydrogen-bond donors (Lipinski definition) is 2. The number of aromatic nitrogens is 2. The van der Waals surface area contributed by atoms with Gasteiger partial charge < -0.3 is 5.32 Å². The van der Waals surface area contributed by atoms with Crippen LogP contribution in [-0.2, 0) is 14.8 Å². The number of carbonyl (C=O) groups excluding carboxylic acids is 1. The molecule has 0 bridgehead atoms. The average molecular weight is 339 g/mol. The maximum Gasteiger partial charge on any atom is 0.269 e. The largest absolute Gasteiger partial charge is 0.301 e. The lowest BCUT2D eigenvalue weighted by atomic mass is 10.1. The molecule has 7 nitrogen and oxygen atoms in total. The quantitative estimate of drug-likeness (QED) is 0.620. The number of rotatable bonds is 5. The van der Waals surface area contributed by atoms with Crippen molar-refractivity contribution in [2.24, 2.45) is 5.92 Å². The highest BCUT2D eigenvalue weighted by Gasteiger charge is 2.26. The lowest BCUT2D eigenvalue weighted by molar-refractivity contribution is -0.114. The molecular formula is C10H15ClN4O3S2. The Morgan fingerprint density at radius 3 is 2.80 bits per heavy atom. The van der Waals surface area contributed by atoms with E-state index in [2.05, 4.69) is 20.2 Å². The van der Waals surface area contributed by atoms with Crippen LogP contribution in [-0.4, -0.2) is 36.4 Å². The van der Waals surface area contributed by atoms with Gasteiger partial charge in [0.05, 0.1) is 0 Å². The summed E-state index contributed by atoms with van der Waals surface area (Å²) in [6.07, 6.45) is 2.65. The second-order valence-corrected chi connectivity index (χ2v) is 8.22. The van der Waals surface area contributed by atoms with Crippen molar-refractivity contribution in [1.29, 1.82) is 0 Å². The van der Waals surface area contributed by atoms with Gasteiger partial charge in [0.2, 0.25) is 15.4 Å². The van der Waals surface area contributed by atoms with Gasteiger partial charge >= 0.3 is 0 Å². The van der Waals surface area contributed by atoms with E-state index in [9.17, 15) is 13.2 Å². The second kappa shape index (κ2) is 6.33. The van der Waals surface area contributed by atoms with Gasteiger partial charge in [-0.2, -0.15) is 0 Å². The Balaban J connectivity index is 1.95. The van der Waals surface area contributed by atoms with Crippen LogP contribution in [0.5, 0.6) is 0 Å². The molecule has 10 heteroatoms. The van der Waals surface area contributed by atoms with Gasteiger partial charge in [-0.05, 0) is 25.2 Å². The van der Waals surface area contributed by atoms with Crippen LogP contribution in [0.1, 0.15) is 26.2 Å². The molecule has 0 spiro atoms. The highest BCUT2D eigenvalue weighted by atomic mass is 35.5. The van der Waals surface area contributed by atoms with Gasteiger partial charge in [0.25, 0.3) is 10.0 Å². The summed E-state index contributed by atoms with van der Waals surface area (Å²) in [7, 11) is -3.68. The zero-order chi connectivity index (χ0) is 14.8. The Labute approximate surface area is 126 Å². The molecule has 2 rings (SSSR count). The van der Waals surface area contributed by atoms with Crippen molar-refractivity contribution in [2.45, 2.75) is 35.9 Å². The number of nitrogens with zero attached hydrogens (tertiary/aromatic N) is 2. The monoisotopic (exact) mass is 338 g/mol. The zero-order valence-electron chi connectivity index (χ0n) is 10.8. The van der Waals surface area contributed by atoms with Crippen LogP contribution in [0, 0.1) is 5.92 Å². The Hall–Kier alpha value is -0.770. The normalized spacial score (nSPS) is 22.9. The number of hydrogen-bond acceptors (Lipinski definition) is 6. The molecule has 20 heavy (non-hydrogen) atoms. The predicted molar refractivity (Wildman–Crippen MR) is 76.4 cm³/mol. The van der Waals surface area contributed by atoms with Gasteiger partial charge in [-0.3, -0.25) is 4.79 Å². The fourth-order valence-electron chi connectivity index (χ4n) is 2.01. The minimum atomic E-state index is -3.68. The third kappa shape index (κ3) is 4.11. The maximum atomic E-state index is 12.0. The molecule has 0 radical (unpaired) electrons. The molecule has 1 aliphatic rings. The first-order chi connectivity index (χ1) is 9.37. The van der Waals surface area contributed by atoms with Crippen molar-refractivity contribution in [3.8, 4) is 0 Å². The summed E-state index contributed by atoms with van der Waals surface area (Å²) in [5.41, 5.74) is 0. The van der Waals surface area contributed by atoms with Gasteiger partial charge in [0, 0.05) is 18.8 Å². The van der Waals surface area contributed by atoms with Crippen LogP contribution in [0.25, 0.3) is 0 Å². The Morgan fingerprint density at radius 1 is 1.45 bits per heavy atom. The number of halogens is 1. The number of carbonyl (C=O) groups is 1. The molecule has 1 aromatic heterocycles. The minimum Gasteiger partial charge on any atom is -0.301 e. The standard InChI is InChI=1S/C10H15ClN4O3S2/c1-6(16)13-9-14-15-10(19-9)20(17,18)12-5-7-2-3-8(11)4-7/h7-8,12H,2-5H2,1H3,(H,13,14,16). The molecule has 1 aromatic rings. The molecule has 1 amide bonds. The molecule has 0 saturated heterocycles. The highest BCUT2D eigenvalue weighted by molar-refractivity contribution is 7.91. The van der Waals surface area contributed by atoms with Gasteiger partial charge in [-0.1, -0.05) is 11.3 Å². The summed E-state index contributed by atoms with van der Waals surface area (Å²) in [6.45, 7) is 1.66. The Morgan fingerprint density at radius 2 is 2.20 bits per heavy atom. The molecule has 1 heterocycles. The number of alkyl halides is 1. The Kier molecular flexibility index (Phi) is 4.95. The molecule has 2 atom stereocenters. The molecular weight excluding hydrogens is 324 g/mol. The Bertz CT molecular complexity index is 589. The van der Waals surface area contributed by atoms with E-state index in [1.165, 1.54) is 6.92 Å². The average Bonchev–Trinajstić information content (AvgIpc) is 2.95. The molecule has 2 N–H and O–H groups in total. The lowest BCUT2D eigenvalue weighted by Crippen LogP contribution is -2.28. The summed E-state index contributed by atoms with van der Waals surface area (Å²) >= 11 is 6.81. The SMILES string of the molecule is CC(=O)Nc1nnc(S(=O)(=O)NCC2CCC(Cl)C2)s1. The summed E-state index contributed by atoms with van der Waals surface area (Å²) < 4.78 is 26.4. The number of nitrogens with one attached hydrogen (secondary N) is 2. The van der Waals surface area contributed by atoms with Crippen molar-refractivity contribution < 1.29 is 13.2 Å². The summed E-state index contributed by atoms with van der Waals surface area (Å²) in [5.74, 6) is -0.0628. The van der Waals surface area contributed by atoms with Crippen molar-refractivity contribution in [3.63, 3.8) is 0 Å². The van der Waals surface area contributed by atoms with Gasteiger partial charge in [-0.15, -0.1) is 21.8 Å². The summed E-state index contributed by atoms with van der Waals surface area (Å²) in [6, 6.07) is 0.